The molecule has 0 unspecified atom stereocenters. The summed E-state index contributed by atoms with van der Waals surface area (Å²) >= 11 is 6.46. The van der Waals surface area contributed by atoms with E-state index in [9.17, 15) is 14.4 Å². The van der Waals surface area contributed by atoms with Crippen molar-refractivity contribution < 1.29 is 14.4 Å². The maximum Gasteiger partial charge on any atom is 0.246 e. The molecule has 2 aliphatic rings. The zero-order valence-corrected chi connectivity index (χ0v) is 24.6. The molecule has 2 atom stereocenters. The van der Waals surface area contributed by atoms with E-state index in [1.54, 1.807) is 15.8 Å². The van der Waals surface area contributed by atoms with Crippen LogP contribution in [-0.2, 0) is 46.9 Å². The number of unbranched alkanes of at least 4 members (excludes halogenated alkanes) is 1. The second kappa shape index (κ2) is 13.9. The summed E-state index contributed by atoms with van der Waals surface area (Å²) in [5.41, 5.74) is 2.33. The highest BCUT2D eigenvalue weighted by molar-refractivity contribution is 6.30. The number of hydrogen-bond acceptors (Lipinski definition) is 7. The van der Waals surface area contributed by atoms with Gasteiger partial charge in [-0.2, -0.15) is 0 Å². The Balaban J connectivity index is 1.38. The number of aromatic amines is 1. The van der Waals surface area contributed by atoms with E-state index < -0.39 is 12.1 Å². The minimum atomic E-state index is -0.799. The van der Waals surface area contributed by atoms with Crippen LogP contribution in [0.15, 0.2) is 36.5 Å². The Morgan fingerprint density at radius 1 is 1.10 bits per heavy atom. The zero-order valence-electron chi connectivity index (χ0n) is 23.9. The fourth-order valence-corrected chi connectivity index (χ4v) is 5.65. The fraction of sp³-hybridized carbons (Fsp3) is 0.517. The fourth-order valence-electron chi connectivity index (χ4n) is 5.44. The number of H-pyrrole nitrogens is 1. The van der Waals surface area contributed by atoms with Gasteiger partial charge in [0.15, 0.2) is 5.15 Å². The Morgan fingerprint density at radius 3 is 2.74 bits per heavy atom. The van der Waals surface area contributed by atoms with Crippen molar-refractivity contribution in [2.75, 3.05) is 19.6 Å². The van der Waals surface area contributed by atoms with Crippen molar-refractivity contribution in [3.8, 4) is 0 Å². The molecule has 12 nitrogen and oxygen atoms in total. The van der Waals surface area contributed by atoms with Crippen LogP contribution in [-0.4, -0.2) is 84.2 Å². The predicted molar refractivity (Wildman–Crippen MR) is 156 cm³/mol. The summed E-state index contributed by atoms with van der Waals surface area (Å²) in [5.74, 6) is 0.0748. The van der Waals surface area contributed by atoms with E-state index in [0.717, 1.165) is 36.3 Å². The average Bonchev–Trinajstić information content (AvgIpc) is 3.59. The summed E-state index contributed by atoms with van der Waals surface area (Å²) in [5, 5.41) is 14.6. The smallest absolute Gasteiger partial charge is 0.246 e. The largest absolute Gasteiger partial charge is 0.348 e. The molecule has 13 heteroatoms. The van der Waals surface area contributed by atoms with E-state index in [1.807, 2.05) is 30.3 Å². The first-order valence-corrected chi connectivity index (χ1v) is 15.0. The lowest BCUT2D eigenvalue weighted by atomic mass is 10.0. The van der Waals surface area contributed by atoms with Gasteiger partial charge in [0.2, 0.25) is 17.7 Å². The van der Waals surface area contributed by atoms with Gasteiger partial charge in [-0.1, -0.05) is 60.5 Å². The lowest BCUT2D eigenvalue weighted by Crippen LogP contribution is -2.63. The number of nitrogens with zero attached hydrogens (tertiary/aromatic N) is 6. The van der Waals surface area contributed by atoms with Crippen molar-refractivity contribution in [2.24, 2.45) is 0 Å². The topological polar surface area (TPSA) is 141 Å². The highest BCUT2D eigenvalue weighted by Gasteiger charge is 2.39. The Hall–Kier alpha value is -3.77. The van der Waals surface area contributed by atoms with Crippen molar-refractivity contribution in [2.45, 2.75) is 77.2 Å². The van der Waals surface area contributed by atoms with Crippen molar-refractivity contribution in [1.29, 1.82) is 0 Å². The summed E-state index contributed by atoms with van der Waals surface area (Å²) in [7, 11) is 0. The molecule has 0 saturated carbocycles. The average molecular weight is 596 g/mol. The Labute approximate surface area is 250 Å². The van der Waals surface area contributed by atoms with Gasteiger partial charge in [-0.25, -0.2) is 4.98 Å². The molecule has 2 aromatic heterocycles. The lowest BCUT2D eigenvalue weighted by Gasteiger charge is -2.41. The number of halogens is 1. The molecular weight excluding hydrogens is 558 g/mol. The van der Waals surface area contributed by atoms with E-state index in [0.29, 0.717) is 56.4 Å². The second-order valence-corrected chi connectivity index (χ2v) is 11.3. The molecule has 42 heavy (non-hydrogen) atoms. The van der Waals surface area contributed by atoms with Crippen LogP contribution in [0.25, 0.3) is 0 Å². The maximum absolute atomic E-state index is 14.1. The Bertz CT molecular complexity index is 1380. The maximum atomic E-state index is 14.1. The van der Waals surface area contributed by atoms with Gasteiger partial charge in [0.25, 0.3) is 0 Å². The normalized spacial score (nSPS) is 20.8. The molecule has 2 bridgehead atoms. The summed E-state index contributed by atoms with van der Waals surface area (Å²) in [6, 6.07) is 8.01. The van der Waals surface area contributed by atoms with Crippen LogP contribution in [0.4, 0.5) is 0 Å². The monoisotopic (exact) mass is 595 g/mol. The number of carbonyl (C=O) groups is 3. The number of aromatic nitrogens is 5. The highest BCUT2D eigenvalue weighted by atomic mass is 35.5. The van der Waals surface area contributed by atoms with Gasteiger partial charge < -0.3 is 20.5 Å². The Kier molecular flexibility index (Phi) is 9.85. The molecule has 3 N–H and O–H groups in total. The number of amides is 3. The molecule has 1 aromatic carbocycles. The minimum absolute atomic E-state index is 0.190. The summed E-state index contributed by atoms with van der Waals surface area (Å²) in [6.07, 6.45) is 5.78. The third kappa shape index (κ3) is 7.54. The number of benzene rings is 1. The third-order valence-corrected chi connectivity index (χ3v) is 8.03. The van der Waals surface area contributed by atoms with E-state index >= 15 is 0 Å². The van der Waals surface area contributed by atoms with Gasteiger partial charge in [-0.05, 0) is 18.4 Å². The first kappa shape index (κ1) is 29.7. The first-order chi connectivity index (χ1) is 20.4. The van der Waals surface area contributed by atoms with Gasteiger partial charge in [-0.3, -0.25) is 24.0 Å². The second-order valence-electron chi connectivity index (χ2n) is 10.9. The van der Waals surface area contributed by atoms with E-state index in [2.05, 4.69) is 42.7 Å². The van der Waals surface area contributed by atoms with E-state index in [-0.39, 0.29) is 30.7 Å². The SMILES string of the molecule is CCCCc1nc(Cl)c(CN2CCN3C(=O)[C@H](Cc4ccccc4)NC(=O)CCCn4cc(nn4)CNC(=O)[C@H]3C2)[nH]1. The van der Waals surface area contributed by atoms with Crippen molar-refractivity contribution in [3.05, 3.63) is 64.5 Å². The molecule has 0 radical (unpaired) electrons. The number of piperazine rings is 1. The van der Waals surface area contributed by atoms with Crippen LogP contribution in [0.3, 0.4) is 0 Å². The third-order valence-electron chi connectivity index (χ3n) is 7.71. The molecule has 224 valence electrons. The molecule has 4 heterocycles. The molecule has 3 amide bonds. The van der Waals surface area contributed by atoms with Crippen LogP contribution in [0.5, 0.6) is 0 Å². The predicted octanol–water partition coefficient (Wildman–Crippen LogP) is 1.85. The van der Waals surface area contributed by atoms with Crippen LogP contribution in [0.1, 0.15) is 55.4 Å². The summed E-state index contributed by atoms with van der Waals surface area (Å²) in [6.45, 7) is 4.46. The molecule has 0 spiro atoms. The van der Waals surface area contributed by atoms with Gasteiger partial charge in [0, 0.05) is 52.0 Å². The van der Waals surface area contributed by atoms with Gasteiger partial charge in [0.1, 0.15) is 23.6 Å². The number of hydrogen-bond donors (Lipinski definition) is 3. The number of aryl methyl sites for hydroxylation is 2. The van der Waals surface area contributed by atoms with Crippen molar-refractivity contribution >= 4 is 29.3 Å². The lowest BCUT2D eigenvalue weighted by molar-refractivity contribution is -0.146. The molecule has 5 rings (SSSR count). The highest BCUT2D eigenvalue weighted by Crippen LogP contribution is 2.20. The minimum Gasteiger partial charge on any atom is -0.348 e. The van der Waals surface area contributed by atoms with Crippen LogP contribution < -0.4 is 10.6 Å². The van der Waals surface area contributed by atoms with E-state index in [1.165, 1.54) is 0 Å². The Morgan fingerprint density at radius 2 is 1.93 bits per heavy atom. The molecule has 0 aliphatic carbocycles. The van der Waals surface area contributed by atoms with Gasteiger partial charge >= 0.3 is 0 Å². The number of nitrogens with one attached hydrogen (secondary N) is 3. The summed E-state index contributed by atoms with van der Waals surface area (Å²) < 4.78 is 1.67. The molecule has 2 aliphatic heterocycles. The van der Waals surface area contributed by atoms with Gasteiger partial charge in [0.05, 0.1) is 18.4 Å². The standard InChI is InChI=1S/C29H38ClN9O3/c1-2-3-10-25-32-23(27(30)34-25)18-37-13-14-39-24(19-37)28(41)31-16-21-17-38(36-35-21)12-7-11-26(40)33-22(29(39)42)15-20-8-5-4-6-9-20/h4-6,8-9,17,22,24H,2-3,7,10-16,18-19H2,1H3,(H,31,41)(H,32,34)(H,33,40)/t22-,24+/m0/s1. The first-order valence-electron chi connectivity index (χ1n) is 14.7. The molecule has 3 aromatic rings. The molecular formula is C29H38ClN9O3. The van der Waals surface area contributed by atoms with Crippen molar-refractivity contribution in [1.82, 2.24) is 45.4 Å². The van der Waals surface area contributed by atoms with Crippen LogP contribution in [0.2, 0.25) is 5.15 Å². The van der Waals surface area contributed by atoms with E-state index in [4.69, 9.17) is 11.6 Å². The number of rotatable bonds is 7. The van der Waals surface area contributed by atoms with Crippen LogP contribution >= 0.6 is 11.6 Å². The quantitative estimate of drug-likeness (QED) is 0.378. The van der Waals surface area contributed by atoms with Crippen molar-refractivity contribution in [3.63, 3.8) is 0 Å². The summed E-state index contributed by atoms with van der Waals surface area (Å²) in [4.78, 5) is 52.2. The van der Waals surface area contributed by atoms with Gasteiger partial charge in [-0.15, -0.1) is 5.10 Å². The molecule has 1 fully saturated rings. The number of imidazole rings is 1. The van der Waals surface area contributed by atoms with Crippen LogP contribution in [0, 0.1) is 0 Å². The zero-order chi connectivity index (χ0) is 29.5. The number of fused-ring (bicyclic) bond motifs is 3. The number of carbonyl (C=O) groups excluding carboxylic acids is 3. The molecule has 1 saturated heterocycles.